The van der Waals surface area contributed by atoms with Crippen LogP contribution in [0.4, 0.5) is 18.9 Å². The van der Waals surface area contributed by atoms with Gasteiger partial charge in [-0.3, -0.25) is 9.78 Å². The fourth-order valence-electron chi connectivity index (χ4n) is 2.98. The molecule has 0 unspecified atom stereocenters. The van der Waals surface area contributed by atoms with Crippen molar-refractivity contribution in [1.29, 1.82) is 0 Å². The Morgan fingerprint density at radius 3 is 2.76 bits per heavy atom. The van der Waals surface area contributed by atoms with E-state index in [-0.39, 0.29) is 23.0 Å². The van der Waals surface area contributed by atoms with Gasteiger partial charge < -0.3 is 14.4 Å². The maximum atomic E-state index is 13.0. The third-order valence-electron chi connectivity index (χ3n) is 4.19. The molecule has 4 rings (SSSR count). The van der Waals surface area contributed by atoms with Gasteiger partial charge in [-0.15, -0.1) is 13.2 Å². The lowest BCUT2D eigenvalue weighted by molar-refractivity contribution is -0.274. The molecule has 0 radical (unpaired) electrons. The Balaban J connectivity index is 1.63. The molecule has 1 aliphatic heterocycles. The molecular formula is C20H14F3N3O3. The highest BCUT2D eigenvalue weighted by molar-refractivity contribution is 6.06. The summed E-state index contributed by atoms with van der Waals surface area (Å²) in [5, 5.41) is 0. The number of carbonyl (C=O) groups is 1. The molecule has 1 aliphatic rings. The van der Waals surface area contributed by atoms with Crippen LogP contribution in [0.2, 0.25) is 0 Å². The van der Waals surface area contributed by atoms with Crippen LogP contribution in [0.5, 0.6) is 11.5 Å². The van der Waals surface area contributed by atoms with Gasteiger partial charge in [0, 0.05) is 5.56 Å². The second kappa shape index (κ2) is 7.42. The van der Waals surface area contributed by atoms with Gasteiger partial charge in [-0.05, 0) is 24.3 Å². The molecular weight excluding hydrogens is 387 g/mol. The number of rotatable bonds is 3. The third kappa shape index (κ3) is 4.13. The molecule has 6 nitrogen and oxygen atoms in total. The normalized spacial score (nSPS) is 13.4. The standard InChI is InChI=1S/C20H14F3N3O3/c21-20(22,23)29-14-5-3-4-13(10-14)15-11-24-12-16(25-15)19(27)26-8-9-28-18-7-2-1-6-17(18)26/h1-7,10-12H,8-9H2. The van der Waals surface area contributed by atoms with E-state index in [0.717, 1.165) is 0 Å². The van der Waals surface area contributed by atoms with Crippen LogP contribution in [-0.2, 0) is 0 Å². The van der Waals surface area contributed by atoms with Crippen molar-refractivity contribution >= 4 is 11.6 Å². The Morgan fingerprint density at radius 2 is 1.93 bits per heavy atom. The number of alkyl halides is 3. The average Bonchev–Trinajstić information content (AvgIpc) is 2.72. The van der Waals surface area contributed by atoms with E-state index in [4.69, 9.17) is 4.74 Å². The van der Waals surface area contributed by atoms with Crippen LogP contribution in [0.3, 0.4) is 0 Å². The van der Waals surface area contributed by atoms with Gasteiger partial charge in [0.25, 0.3) is 5.91 Å². The summed E-state index contributed by atoms with van der Waals surface area (Å²) in [5.41, 5.74) is 1.29. The smallest absolute Gasteiger partial charge is 0.490 e. The molecule has 0 spiro atoms. The first-order valence-electron chi connectivity index (χ1n) is 8.63. The lowest BCUT2D eigenvalue weighted by Gasteiger charge is -2.29. The van der Waals surface area contributed by atoms with E-state index in [1.807, 2.05) is 6.07 Å². The summed E-state index contributed by atoms with van der Waals surface area (Å²) in [6.07, 6.45) is -2.11. The summed E-state index contributed by atoms with van der Waals surface area (Å²) in [6, 6.07) is 12.5. The van der Waals surface area contributed by atoms with E-state index in [1.165, 1.54) is 35.5 Å². The van der Waals surface area contributed by atoms with Crippen molar-refractivity contribution in [2.45, 2.75) is 6.36 Å². The molecule has 0 aliphatic carbocycles. The Hall–Kier alpha value is -3.62. The van der Waals surface area contributed by atoms with Gasteiger partial charge >= 0.3 is 6.36 Å². The maximum absolute atomic E-state index is 13.0. The second-order valence-electron chi connectivity index (χ2n) is 6.14. The Bertz CT molecular complexity index is 1060. The lowest BCUT2D eigenvalue weighted by Crippen LogP contribution is -2.38. The number of anilines is 1. The van der Waals surface area contributed by atoms with Crippen molar-refractivity contribution in [3.63, 3.8) is 0 Å². The van der Waals surface area contributed by atoms with Crippen molar-refractivity contribution in [2.75, 3.05) is 18.1 Å². The Labute approximate surface area is 163 Å². The predicted molar refractivity (Wildman–Crippen MR) is 97.8 cm³/mol. The Kier molecular flexibility index (Phi) is 4.79. The summed E-state index contributed by atoms with van der Waals surface area (Å²) in [6.45, 7) is 0.684. The molecule has 2 aromatic carbocycles. The largest absolute Gasteiger partial charge is 0.573 e. The molecule has 9 heteroatoms. The fourth-order valence-corrected chi connectivity index (χ4v) is 2.98. The van der Waals surface area contributed by atoms with E-state index < -0.39 is 6.36 Å². The van der Waals surface area contributed by atoms with E-state index in [2.05, 4.69) is 14.7 Å². The summed E-state index contributed by atoms with van der Waals surface area (Å²) in [7, 11) is 0. The number of hydrogen-bond acceptors (Lipinski definition) is 5. The maximum Gasteiger partial charge on any atom is 0.573 e. The number of nitrogens with zero attached hydrogens (tertiary/aromatic N) is 3. The molecule has 29 heavy (non-hydrogen) atoms. The minimum atomic E-state index is -4.80. The molecule has 2 heterocycles. The van der Waals surface area contributed by atoms with Crippen molar-refractivity contribution in [2.24, 2.45) is 0 Å². The van der Waals surface area contributed by atoms with Crippen molar-refractivity contribution in [1.82, 2.24) is 9.97 Å². The summed E-state index contributed by atoms with van der Waals surface area (Å²) in [4.78, 5) is 22.9. The molecule has 1 aromatic heterocycles. The first kappa shape index (κ1) is 18.7. The lowest BCUT2D eigenvalue weighted by atomic mass is 10.1. The van der Waals surface area contributed by atoms with Gasteiger partial charge in [-0.1, -0.05) is 24.3 Å². The zero-order valence-electron chi connectivity index (χ0n) is 14.9. The number of hydrogen-bond donors (Lipinski definition) is 0. The average molecular weight is 401 g/mol. The van der Waals surface area contributed by atoms with Gasteiger partial charge in [0.05, 0.1) is 30.3 Å². The zero-order valence-corrected chi connectivity index (χ0v) is 14.9. The van der Waals surface area contributed by atoms with Crippen LogP contribution < -0.4 is 14.4 Å². The van der Waals surface area contributed by atoms with Crippen LogP contribution in [0.25, 0.3) is 11.3 Å². The molecule has 3 aromatic rings. The Morgan fingerprint density at radius 1 is 1.10 bits per heavy atom. The number of fused-ring (bicyclic) bond motifs is 1. The number of para-hydroxylation sites is 2. The zero-order chi connectivity index (χ0) is 20.4. The van der Waals surface area contributed by atoms with Gasteiger partial charge in [0.1, 0.15) is 23.8 Å². The molecule has 0 atom stereocenters. The van der Waals surface area contributed by atoms with Gasteiger partial charge in [0.15, 0.2) is 0 Å². The molecule has 1 amide bonds. The predicted octanol–water partition coefficient (Wildman–Crippen LogP) is 4.08. The first-order valence-corrected chi connectivity index (χ1v) is 8.63. The molecule has 148 valence electrons. The van der Waals surface area contributed by atoms with Crippen molar-refractivity contribution < 1.29 is 27.4 Å². The summed E-state index contributed by atoms with van der Waals surface area (Å²) in [5.74, 6) is -0.165. The van der Waals surface area contributed by atoms with Crippen molar-refractivity contribution in [3.8, 4) is 22.8 Å². The van der Waals surface area contributed by atoms with E-state index in [9.17, 15) is 18.0 Å². The molecule has 0 bridgehead atoms. The van der Waals surface area contributed by atoms with E-state index in [1.54, 1.807) is 24.3 Å². The number of ether oxygens (including phenoxy) is 2. The van der Waals surface area contributed by atoms with Gasteiger partial charge in [-0.2, -0.15) is 0 Å². The second-order valence-corrected chi connectivity index (χ2v) is 6.14. The SMILES string of the molecule is O=C(c1cncc(-c2cccc(OC(F)(F)F)c2)n1)N1CCOc2ccccc21. The van der Waals surface area contributed by atoms with Crippen LogP contribution in [-0.4, -0.2) is 35.4 Å². The number of aromatic nitrogens is 2. The summed E-state index contributed by atoms with van der Waals surface area (Å²) < 4.78 is 46.9. The molecule has 0 fully saturated rings. The van der Waals surface area contributed by atoms with Crippen LogP contribution in [0, 0.1) is 0 Å². The van der Waals surface area contributed by atoms with Crippen LogP contribution in [0.1, 0.15) is 10.5 Å². The highest BCUT2D eigenvalue weighted by atomic mass is 19.4. The van der Waals surface area contributed by atoms with Crippen LogP contribution in [0.15, 0.2) is 60.9 Å². The fraction of sp³-hybridized carbons (Fsp3) is 0.150. The molecule has 0 saturated carbocycles. The first-order chi connectivity index (χ1) is 13.9. The minimum absolute atomic E-state index is 0.0707. The highest BCUT2D eigenvalue weighted by Gasteiger charge is 2.31. The molecule has 0 N–H and O–H groups in total. The van der Waals surface area contributed by atoms with E-state index in [0.29, 0.717) is 30.2 Å². The minimum Gasteiger partial charge on any atom is -0.490 e. The van der Waals surface area contributed by atoms with Gasteiger partial charge in [0.2, 0.25) is 0 Å². The number of carbonyl (C=O) groups excluding carboxylic acids is 1. The monoisotopic (exact) mass is 401 g/mol. The molecule has 0 saturated heterocycles. The van der Waals surface area contributed by atoms with Crippen LogP contribution >= 0.6 is 0 Å². The summed E-state index contributed by atoms with van der Waals surface area (Å²) >= 11 is 0. The van der Waals surface area contributed by atoms with Gasteiger partial charge in [-0.25, -0.2) is 4.98 Å². The van der Waals surface area contributed by atoms with Crippen molar-refractivity contribution in [3.05, 3.63) is 66.6 Å². The topological polar surface area (TPSA) is 64.5 Å². The van der Waals surface area contributed by atoms with E-state index >= 15 is 0 Å². The number of benzene rings is 2. The third-order valence-corrected chi connectivity index (χ3v) is 4.19. The number of halogens is 3. The number of amides is 1. The quantitative estimate of drug-likeness (QED) is 0.662. The highest BCUT2D eigenvalue weighted by Crippen LogP contribution is 2.32.